The molecule has 128 valence electrons. The SMILES string of the molecule is C#CCOc1ccccc1CNCc1ccc(N2CCCC2=O)cc1. The van der Waals surface area contributed by atoms with Gasteiger partial charge in [0.05, 0.1) is 0 Å². The quantitative estimate of drug-likeness (QED) is 0.791. The number of nitrogens with one attached hydrogen (secondary N) is 1. The first-order valence-corrected chi connectivity index (χ1v) is 8.52. The van der Waals surface area contributed by atoms with Crippen LogP contribution in [0, 0.1) is 12.3 Å². The monoisotopic (exact) mass is 334 g/mol. The van der Waals surface area contributed by atoms with Crippen LogP contribution >= 0.6 is 0 Å². The molecule has 25 heavy (non-hydrogen) atoms. The lowest BCUT2D eigenvalue weighted by Crippen LogP contribution is -2.23. The number of hydrogen-bond donors (Lipinski definition) is 1. The topological polar surface area (TPSA) is 41.6 Å². The molecule has 0 unspecified atom stereocenters. The smallest absolute Gasteiger partial charge is 0.227 e. The van der Waals surface area contributed by atoms with E-state index in [0.717, 1.165) is 36.5 Å². The zero-order valence-corrected chi connectivity index (χ0v) is 14.2. The summed E-state index contributed by atoms with van der Waals surface area (Å²) in [6, 6.07) is 16.0. The van der Waals surface area contributed by atoms with E-state index in [4.69, 9.17) is 11.2 Å². The molecule has 1 aliphatic rings. The highest BCUT2D eigenvalue weighted by molar-refractivity contribution is 5.95. The van der Waals surface area contributed by atoms with Gasteiger partial charge >= 0.3 is 0 Å². The first kappa shape index (κ1) is 17.1. The molecule has 0 bridgehead atoms. The number of carbonyl (C=O) groups is 1. The van der Waals surface area contributed by atoms with E-state index in [-0.39, 0.29) is 12.5 Å². The van der Waals surface area contributed by atoms with Gasteiger partial charge < -0.3 is 15.0 Å². The van der Waals surface area contributed by atoms with Gasteiger partial charge in [-0.25, -0.2) is 0 Å². The number of ether oxygens (including phenoxy) is 1. The molecule has 0 spiro atoms. The minimum Gasteiger partial charge on any atom is -0.481 e. The first-order chi connectivity index (χ1) is 12.3. The van der Waals surface area contributed by atoms with E-state index in [1.54, 1.807) is 0 Å². The third-order valence-corrected chi connectivity index (χ3v) is 4.25. The Bertz CT molecular complexity index is 762. The van der Waals surface area contributed by atoms with Crippen molar-refractivity contribution in [2.75, 3.05) is 18.1 Å². The van der Waals surface area contributed by atoms with Gasteiger partial charge in [-0.1, -0.05) is 36.3 Å². The average molecular weight is 334 g/mol. The van der Waals surface area contributed by atoms with Crippen molar-refractivity contribution in [2.24, 2.45) is 0 Å². The number of amides is 1. The minimum atomic E-state index is 0.217. The van der Waals surface area contributed by atoms with Crippen molar-refractivity contribution in [1.29, 1.82) is 0 Å². The Labute approximate surface area is 148 Å². The van der Waals surface area contributed by atoms with Crippen molar-refractivity contribution in [2.45, 2.75) is 25.9 Å². The van der Waals surface area contributed by atoms with E-state index in [0.29, 0.717) is 13.0 Å². The summed E-state index contributed by atoms with van der Waals surface area (Å²) in [6.07, 6.45) is 6.86. The van der Waals surface area contributed by atoms with Crippen molar-refractivity contribution in [3.63, 3.8) is 0 Å². The summed E-state index contributed by atoms with van der Waals surface area (Å²) in [4.78, 5) is 13.6. The van der Waals surface area contributed by atoms with Gasteiger partial charge in [-0.2, -0.15) is 0 Å². The van der Waals surface area contributed by atoms with Gasteiger partial charge in [0.2, 0.25) is 5.91 Å². The molecule has 1 amide bonds. The average Bonchev–Trinajstić information content (AvgIpc) is 3.07. The minimum absolute atomic E-state index is 0.217. The van der Waals surface area contributed by atoms with Gasteiger partial charge in [0.25, 0.3) is 0 Å². The van der Waals surface area contributed by atoms with Crippen molar-refractivity contribution >= 4 is 11.6 Å². The van der Waals surface area contributed by atoms with Gasteiger partial charge in [-0.3, -0.25) is 4.79 Å². The lowest BCUT2D eigenvalue weighted by molar-refractivity contribution is -0.117. The first-order valence-electron chi connectivity index (χ1n) is 8.52. The highest BCUT2D eigenvalue weighted by Crippen LogP contribution is 2.22. The second-order valence-corrected chi connectivity index (χ2v) is 6.02. The molecule has 4 nitrogen and oxygen atoms in total. The van der Waals surface area contributed by atoms with E-state index < -0.39 is 0 Å². The van der Waals surface area contributed by atoms with Crippen LogP contribution in [0.5, 0.6) is 5.75 Å². The predicted molar refractivity (Wildman–Crippen MR) is 99.3 cm³/mol. The molecule has 0 aliphatic carbocycles. The molecule has 4 heteroatoms. The fraction of sp³-hybridized carbons (Fsp3) is 0.286. The third kappa shape index (κ3) is 4.40. The van der Waals surface area contributed by atoms with Crippen LogP contribution in [0.3, 0.4) is 0 Å². The molecule has 0 aromatic heterocycles. The van der Waals surface area contributed by atoms with E-state index in [1.807, 2.05) is 41.3 Å². The molecular weight excluding hydrogens is 312 g/mol. The van der Waals surface area contributed by atoms with Gasteiger partial charge in [-0.15, -0.1) is 6.42 Å². The van der Waals surface area contributed by atoms with Gasteiger partial charge in [0.1, 0.15) is 12.4 Å². The van der Waals surface area contributed by atoms with Crippen LogP contribution in [-0.4, -0.2) is 19.1 Å². The summed E-state index contributed by atoms with van der Waals surface area (Å²) < 4.78 is 5.56. The number of nitrogens with zero attached hydrogens (tertiary/aromatic N) is 1. The summed E-state index contributed by atoms with van der Waals surface area (Å²) in [6.45, 7) is 2.55. The third-order valence-electron chi connectivity index (χ3n) is 4.25. The largest absolute Gasteiger partial charge is 0.481 e. The molecule has 1 N–H and O–H groups in total. The summed E-state index contributed by atoms with van der Waals surface area (Å²) in [5.74, 6) is 3.52. The van der Waals surface area contributed by atoms with Gasteiger partial charge in [0, 0.05) is 37.3 Å². The molecule has 2 aromatic rings. The van der Waals surface area contributed by atoms with Crippen molar-refractivity contribution in [3.05, 3.63) is 59.7 Å². The summed E-state index contributed by atoms with van der Waals surface area (Å²) >= 11 is 0. The van der Waals surface area contributed by atoms with Crippen LogP contribution in [0.15, 0.2) is 48.5 Å². The van der Waals surface area contributed by atoms with Crippen molar-refractivity contribution in [1.82, 2.24) is 5.32 Å². The summed E-state index contributed by atoms with van der Waals surface area (Å²) in [5.41, 5.74) is 3.24. The molecule has 1 heterocycles. The van der Waals surface area contributed by atoms with E-state index in [9.17, 15) is 4.79 Å². The Balaban J connectivity index is 1.54. The van der Waals surface area contributed by atoms with Crippen LogP contribution in [0.1, 0.15) is 24.0 Å². The van der Waals surface area contributed by atoms with Crippen LogP contribution < -0.4 is 15.0 Å². The zero-order chi connectivity index (χ0) is 17.5. The highest BCUT2D eigenvalue weighted by Gasteiger charge is 2.21. The fourth-order valence-electron chi connectivity index (χ4n) is 2.97. The van der Waals surface area contributed by atoms with Crippen LogP contribution in [0.2, 0.25) is 0 Å². The van der Waals surface area contributed by atoms with Crippen molar-refractivity contribution in [3.8, 4) is 18.1 Å². The summed E-state index contributed by atoms with van der Waals surface area (Å²) in [5, 5.41) is 3.42. The number of benzene rings is 2. The standard InChI is InChI=1S/C21H22N2O2/c1-2-14-25-20-7-4-3-6-18(20)16-22-15-17-9-11-19(12-10-17)23-13-5-8-21(23)24/h1,3-4,6-7,9-12,22H,5,8,13-16H2. The van der Waals surface area contributed by atoms with Gasteiger partial charge in [-0.05, 0) is 30.2 Å². The molecule has 0 saturated carbocycles. The highest BCUT2D eigenvalue weighted by atomic mass is 16.5. The van der Waals surface area contributed by atoms with Crippen LogP contribution in [-0.2, 0) is 17.9 Å². The molecular formula is C21H22N2O2. The molecule has 2 aromatic carbocycles. The normalized spacial score (nSPS) is 13.7. The van der Waals surface area contributed by atoms with Crippen LogP contribution in [0.25, 0.3) is 0 Å². The van der Waals surface area contributed by atoms with Gasteiger partial charge in [0.15, 0.2) is 0 Å². The maximum absolute atomic E-state index is 11.8. The Morgan fingerprint density at radius 3 is 2.64 bits per heavy atom. The van der Waals surface area contributed by atoms with E-state index in [1.165, 1.54) is 5.56 Å². The molecule has 0 atom stereocenters. The van der Waals surface area contributed by atoms with Crippen LogP contribution in [0.4, 0.5) is 5.69 Å². The Morgan fingerprint density at radius 1 is 1.12 bits per heavy atom. The number of carbonyl (C=O) groups excluding carboxylic acids is 1. The lowest BCUT2D eigenvalue weighted by Gasteiger charge is -2.16. The number of rotatable bonds is 7. The molecule has 1 aliphatic heterocycles. The molecule has 1 fully saturated rings. The molecule has 3 rings (SSSR count). The van der Waals surface area contributed by atoms with E-state index in [2.05, 4.69) is 23.4 Å². The Hall–Kier alpha value is -2.77. The maximum atomic E-state index is 11.8. The zero-order valence-electron chi connectivity index (χ0n) is 14.2. The number of hydrogen-bond acceptors (Lipinski definition) is 3. The molecule has 1 saturated heterocycles. The number of anilines is 1. The van der Waals surface area contributed by atoms with E-state index >= 15 is 0 Å². The fourth-order valence-corrected chi connectivity index (χ4v) is 2.97. The Kier molecular flexibility index (Phi) is 5.71. The Morgan fingerprint density at radius 2 is 1.92 bits per heavy atom. The predicted octanol–water partition coefficient (Wildman–Crippen LogP) is 3.12. The number of terminal acetylenes is 1. The second kappa shape index (κ2) is 8.36. The van der Waals surface area contributed by atoms with Crippen molar-refractivity contribution < 1.29 is 9.53 Å². The molecule has 0 radical (unpaired) electrons. The summed E-state index contributed by atoms with van der Waals surface area (Å²) in [7, 11) is 0. The number of para-hydroxylation sites is 1. The lowest BCUT2D eigenvalue weighted by atomic mass is 10.1. The second-order valence-electron chi connectivity index (χ2n) is 6.02. The maximum Gasteiger partial charge on any atom is 0.227 e.